The summed E-state index contributed by atoms with van der Waals surface area (Å²) in [7, 11) is 0. The van der Waals surface area contributed by atoms with Gasteiger partial charge in [-0.3, -0.25) is 19.3 Å². The summed E-state index contributed by atoms with van der Waals surface area (Å²) in [5.41, 5.74) is 12.0. The lowest BCUT2D eigenvalue weighted by molar-refractivity contribution is -0.242. The largest absolute Gasteiger partial charge is 0.370 e. The number of aryl methyl sites for hydroxylation is 1. The van der Waals surface area contributed by atoms with Crippen LogP contribution in [0.4, 0.5) is 0 Å². The van der Waals surface area contributed by atoms with Crippen LogP contribution in [0, 0.1) is 12.8 Å². The molecule has 0 bridgehead atoms. The molecule has 7 N–H and O–H groups in total. The number of benzene rings is 1. The monoisotopic (exact) mass is 469 g/mol. The molecule has 0 aliphatic carbocycles. The number of nitrogens with zero attached hydrogens (tertiary/aromatic N) is 4. The number of guanidine groups is 2. The van der Waals surface area contributed by atoms with Crippen LogP contribution in [-0.2, 0) is 9.59 Å². The van der Waals surface area contributed by atoms with Gasteiger partial charge in [-0.25, -0.2) is 9.98 Å². The van der Waals surface area contributed by atoms with E-state index in [1.807, 2.05) is 19.1 Å². The van der Waals surface area contributed by atoms with Crippen LogP contribution in [-0.4, -0.2) is 86.2 Å². The van der Waals surface area contributed by atoms with Crippen molar-refractivity contribution in [3.8, 4) is 0 Å². The zero-order valence-electron chi connectivity index (χ0n) is 18.6. The Hall–Kier alpha value is -3.51. The molecule has 0 saturated carbocycles. The second kappa shape index (κ2) is 7.50. The van der Waals surface area contributed by atoms with E-state index in [1.165, 1.54) is 4.90 Å². The molecule has 2 amide bonds. The van der Waals surface area contributed by atoms with Gasteiger partial charge in [0.15, 0.2) is 23.4 Å². The maximum atomic E-state index is 13.0. The van der Waals surface area contributed by atoms with E-state index in [9.17, 15) is 24.6 Å². The van der Waals surface area contributed by atoms with Crippen LogP contribution in [0.25, 0.3) is 0 Å². The van der Waals surface area contributed by atoms with E-state index >= 15 is 0 Å². The number of Topliss-reactive ketones (excluding diaryl/α,β-unsaturated/α-hetero) is 1. The van der Waals surface area contributed by atoms with Crippen molar-refractivity contribution in [2.75, 3.05) is 13.1 Å². The number of nitrogens with one attached hydrogen (secondary N) is 1. The molecule has 12 heteroatoms. The summed E-state index contributed by atoms with van der Waals surface area (Å²) in [6, 6.07) is 5.21. The lowest BCUT2D eigenvalue weighted by atomic mass is 9.81. The number of rotatable bonds is 5. The van der Waals surface area contributed by atoms with Crippen LogP contribution in [0.15, 0.2) is 34.3 Å². The molecule has 2 saturated heterocycles. The van der Waals surface area contributed by atoms with E-state index in [0.717, 1.165) is 10.5 Å². The van der Waals surface area contributed by atoms with E-state index in [2.05, 4.69) is 15.3 Å². The van der Waals surface area contributed by atoms with E-state index in [4.69, 9.17) is 11.5 Å². The Morgan fingerprint density at radius 2 is 1.79 bits per heavy atom. The molecule has 12 nitrogen and oxygen atoms in total. The minimum atomic E-state index is -2.49. The molecule has 2 fully saturated rings. The van der Waals surface area contributed by atoms with Crippen molar-refractivity contribution >= 4 is 29.5 Å². The fourth-order valence-corrected chi connectivity index (χ4v) is 5.47. The molecule has 1 aromatic carbocycles. The smallest absolute Gasteiger partial charge is 0.229 e. The molecule has 1 spiro atoms. The normalized spacial score (nSPS) is 31.7. The highest BCUT2D eigenvalue weighted by molar-refractivity contribution is 6.02. The average molecular weight is 470 g/mol. The number of nitrogens with two attached hydrogens (primary N) is 2. The fourth-order valence-electron chi connectivity index (χ4n) is 5.47. The van der Waals surface area contributed by atoms with Crippen molar-refractivity contribution in [2.45, 2.75) is 49.7 Å². The van der Waals surface area contributed by atoms with Crippen LogP contribution in [0.1, 0.15) is 35.2 Å². The SMILES string of the molecule is Cc1ccc(C(=O)C[C@H]2CN3C(N)=N[C@@H](CN4C(=O)CCC4=O)[C@@H]4N=C(N)N[C@@]43C2(O)O)cc1. The number of ketones is 1. The van der Waals surface area contributed by atoms with Crippen molar-refractivity contribution in [1.82, 2.24) is 15.1 Å². The number of aliphatic hydroxyl groups is 2. The Kier molecular flexibility index (Phi) is 4.92. The molecule has 0 aromatic heterocycles. The third-order valence-electron chi connectivity index (χ3n) is 7.25. The summed E-state index contributed by atoms with van der Waals surface area (Å²) in [5, 5.41) is 25.8. The third-order valence-corrected chi connectivity index (χ3v) is 7.25. The Bertz CT molecular complexity index is 1110. The molecule has 0 radical (unpaired) electrons. The Morgan fingerprint density at radius 3 is 2.44 bits per heavy atom. The number of aliphatic imine (C=N–C) groups is 2. The predicted molar refractivity (Wildman–Crippen MR) is 120 cm³/mol. The molecule has 34 heavy (non-hydrogen) atoms. The van der Waals surface area contributed by atoms with Crippen molar-refractivity contribution in [2.24, 2.45) is 27.4 Å². The van der Waals surface area contributed by atoms with Crippen molar-refractivity contribution in [3.05, 3.63) is 35.4 Å². The first-order valence-electron chi connectivity index (χ1n) is 11.1. The van der Waals surface area contributed by atoms with Crippen LogP contribution in [0.3, 0.4) is 0 Å². The molecular weight excluding hydrogens is 442 g/mol. The second-order valence-corrected chi connectivity index (χ2v) is 9.33. The lowest BCUT2D eigenvalue weighted by Gasteiger charge is -2.49. The zero-order chi connectivity index (χ0) is 24.4. The summed E-state index contributed by atoms with van der Waals surface area (Å²) < 4.78 is 0. The van der Waals surface area contributed by atoms with Gasteiger partial charge in [-0.2, -0.15) is 0 Å². The van der Waals surface area contributed by atoms with Gasteiger partial charge in [0, 0.05) is 37.3 Å². The molecule has 1 aromatic rings. The average Bonchev–Trinajstić information content (AvgIpc) is 3.37. The molecule has 4 atom stereocenters. The quantitative estimate of drug-likeness (QED) is 0.185. The molecule has 4 aliphatic rings. The van der Waals surface area contributed by atoms with E-state index in [0.29, 0.717) is 5.56 Å². The van der Waals surface area contributed by atoms with Gasteiger partial charge in [0.2, 0.25) is 17.6 Å². The first-order chi connectivity index (χ1) is 16.0. The van der Waals surface area contributed by atoms with Gasteiger partial charge in [-0.15, -0.1) is 0 Å². The highest BCUT2D eigenvalue weighted by Gasteiger charge is 2.73. The standard InChI is InChI=1S/C22H27N7O5/c1-11-2-4-12(5-3-11)15(30)8-13-9-29-20(24)25-14(10-28-16(31)6-7-17(28)32)18-21(29,22(13,33)34)27-19(23)26-18/h2-5,13-14,18,33-34H,6-10H2,1H3,(H2,24,25)(H3,23,26,27)/t13-,14-,18-,21-/m0/s1. The van der Waals surface area contributed by atoms with Crippen molar-refractivity contribution in [1.29, 1.82) is 0 Å². The number of amides is 2. The van der Waals surface area contributed by atoms with Crippen LogP contribution in [0.5, 0.6) is 0 Å². The maximum Gasteiger partial charge on any atom is 0.229 e. The predicted octanol–water partition coefficient (Wildman–Crippen LogP) is -1.99. The molecule has 0 unspecified atom stereocenters. The van der Waals surface area contributed by atoms with Gasteiger partial charge < -0.3 is 31.9 Å². The first-order valence-corrected chi connectivity index (χ1v) is 11.1. The highest BCUT2D eigenvalue weighted by Crippen LogP contribution is 2.48. The number of carbonyl (C=O) groups is 3. The lowest BCUT2D eigenvalue weighted by Crippen LogP contribution is -2.77. The van der Waals surface area contributed by atoms with Crippen molar-refractivity contribution in [3.63, 3.8) is 0 Å². The summed E-state index contributed by atoms with van der Waals surface area (Å²) >= 11 is 0. The molecule has 4 aliphatic heterocycles. The Morgan fingerprint density at radius 1 is 1.15 bits per heavy atom. The number of hydrogen-bond donors (Lipinski definition) is 5. The van der Waals surface area contributed by atoms with E-state index in [-0.39, 0.29) is 61.9 Å². The number of imide groups is 1. The Balaban J connectivity index is 1.46. The van der Waals surface area contributed by atoms with Gasteiger partial charge in [-0.1, -0.05) is 29.8 Å². The Labute approximate surface area is 195 Å². The summed E-state index contributed by atoms with van der Waals surface area (Å²) in [6.07, 6.45) is 0.0661. The van der Waals surface area contributed by atoms with Gasteiger partial charge >= 0.3 is 0 Å². The number of hydrogen-bond acceptors (Lipinski definition) is 11. The third kappa shape index (κ3) is 3.09. The second-order valence-electron chi connectivity index (χ2n) is 9.33. The van der Waals surface area contributed by atoms with Gasteiger partial charge in [0.25, 0.3) is 0 Å². The highest BCUT2D eigenvalue weighted by atomic mass is 16.5. The van der Waals surface area contributed by atoms with Crippen LogP contribution < -0.4 is 16.8 Å². The van der Waals surface area contributed by atoms with E-state index < -0.39 is 29.5 Å². The fraction of sp³-hybridized carbons (Fsp3) is 0.500. The summed E-state index contributed by atoms with van der Waals surface area (Å²) in [6.45, 7) is 1.81. The van der Waals surface area contributed by atoms with Gasteiger partial charge in [0.1, 0.15) is 6.04 Å². The number of likely N-dealkylation sites (tertiary alicyclic amines) is 1. The summed E-state index contributed by atoms with van der Waals surface area (Å²) in [4.78, 5) is 48.7. The van der Waals surface area contributed by atoms with E-state index in [1.54, 1.807) is 12.1 Å². The van der Waals surface area contributed by atoms with Crippen LogP contribution >= 0.6 is 0 Å². The molecule has 4 heterocycles. The topological polar surface area (TPSA) is 187 Å². The number of carbonyl (C=O) groups excluding carboxylic acids is 3. The minimum Gasteiger partial charge on any atom is -0.370 e. The van der Waals surface area contributed by atoms with Crippen LogP contribution in [0.2, 0.25) is 0 Å². The molecule has 180 valence electrons. The summed E-state index contributed by atoms with van der Waals surface area (Å²) in [5.74, 6) is -4.41. The van der Waals surface area contributed by atoms with Gasteiger partial charge in [-0.05, 0) is 6.92 Å². The maximum absolute atomic E-state index is 13.0. The first kappa shape index (κ1) is 22.3. The zero-order valence-corrected chi connectivity index (χ0v) is 18.6. The molecule has 5 rings (SSSR count). The van der Waals surface area contributed by atoms with Gasteiger partial charge in [0.05, 0.1) is 12.6 Å². The minimum absolute atomic E-state index is 0.0144. The van der Waals surface area contributed by atoms with Crippen molar-refractivity contribution < 1.29 is 24.6 Å². The molecular formula is C22H27N7O5.